The van der Waals surface area contributed by atoms with Crippen molar-refractivity contribution in [2.45, 2.75) is 126 Å². The summed E-state index contributed by atoms with van der Waals surface area (Å²) in [6, 6.07) is 0. The molecule has 31 heavy (non-hydrogen) atoms. The molecule has 0 spiro atoms. The van der Waals surface area contributed by atoms with Gasteiger partial charge in [0.05, 0.1) is 6.10 Å². The minimum atomic E-state index is -0.115. The van der Waals surface area contributed by atoms with E-state index in [9.17, 15) is 5.11 Å². The van der Waals surface area contributed by atoms with Gasteiger partial charge in [-0.05, 0) is 129 Å². The van der Waals surface area contributed by atoms with Crippen LogP contribution in [0.25, 0.3) is 0 Å². The lowest BCUT2D eigenvalue weighted by molar-refractivity contribution is -0.242. The van der Waals surface area contributed by atoms with E-state index in [0.717, 1.165) is 24.2 Å². The summed E-state index contributed by atoms with van der Waals surface area (Å²) < 4.78 is 0. The molecule has 0 radical (unpaired) electrons. The van der Waals surface area contributed by atoms with E-state index >= 15 is 0 Å². The largest absolute Gasteiger partial charge is 0.393 e. The van der Waals surface area contributed by atoms with Crippen molar-refractivity contribution in [3.8, 4) is 0 Å². The Labute approximate surface area is 192 Å². The number of hydrogen-bond acceptors (Lipinski definition) is 1. The van der Waals surface area contributed by atoms with Crippen molar-refractivity contribution in [2.24, 2.45) is 50.7 Å². The Balaban J connectivity index is 1.56. The first-order valence-corrected chi connectivity index (χ1v) is 13.7. The van der Waals surface area contributed by atoms with Gasteiger partial charge in [-0.2, -0.15) is 0 Å². The normalized spacial score (nSPS) is 55.6. The minimum absolute atomic E-state index is 0.0674. The quantitative estimate of drug-likeness (QED) is 0.387. The standard InChI is InChI=1S/C30H50O/c1-19(2)20-11-14-27(5)17-18-29(7)21(25(20)27)9-10-23-28(6)15-13-24(31)26(3,4)22(28)12-16-30(23,29)8/h21-25,31H,9-18H2,1-8H3/t21-,22+,23-,24-,25-,27-,28+,29-,30-/m1/s1. The number of hydrogen-bond donors (Lipinski definition) is 1. The average Bonchev–Trinajstić information content (AvgIpc) is 3.04. The summed E-state index contributed by atoms with van der Waals surface area (Å²) in [5.74, 6) is 3.22. The van der Waals surface area contributed by atoms with Gasteiger partial charge in [0, 0.05) is 0 Å². The zero-order chi connectivity index (χ0) is 22.6. The summed E-state index contributed by atoms with van der Waals surface area (Å²) in [6.45, 7) is 20.3. The molecular formula is C30H50O. The molecule has 0 aromatic carbocycles. The van der Waals surface area contributed by atoms with Gasteiger partial charge in [-0.1, -0.05) is 52.7 Å². The molecule has 0 aromatic heterocycles. The average molecular weight is 427 g/mol. The Hall–Kier alpha value is -0.300. The van der Waals surface area contributed by atoms with Crippen molar-refractivity contribution in [3.05, 3.63) is 11.1 Å². The van der Waals surface area contributed by atoms with Gasteiger partial charge in [-0.3, -0.25) is 0 Å². The highest BCUT2D eigenvalue weighted by atomic mass is 16.3. The van der Waals surface area contributed by atoms with Crippen LogP contribution in [-0.4, -0.2) is 11.2 Å². The van der Waals surface area contributed by atoms with Gasteiger partial charge in [0.25, 0.3) is 0 Å². The van der Waals surface area contributed by atoms with E-state index in [1.807, 2.05) is 5.57 Å². The van der Waals surface area contributed by atoms with Crippen molar-refractivity contribution in [1.82, 2.24) is 0 Å². The third-order valence-electron chi connectivity index (χ3n) is 13.3. The second-order valence-corrected chi connectivity index (χ2v) is 14.7. The summed E-state index contributed by atoms with van der Waals surface area (Å²) in [6.07, 6.45) is 13.4. The maximum atomic E-state index is 10.9. The third kappa shape index (κ3) is 2.65. The van der Waals surface area contributed by atoms with Crippen LogP contribution in [0.1, 0.15) is 120 Å². The fraction of sp³-hybridized carbons (Fsp3) is 0.933. The van der Waals surface area contributed by atoms with E-state index in [1.165, 1.54) is 57.8 Å². The lowest BCUT2D eigenvalue weighted by Crippen LogP contribution is -2.66. The highest BCUT2D eigenvalue weighted by Gasteiger charge is 2.69. The van der Waals surface area contributed by atoms with Gasteiger partial charge in [0.2, 0.25) is 0 Å². The van der Waals surface area contributed by atoms with Crippen LogP contribution >= 0.6 is 0 Å². The molecule has 5 saturated carbocycles. The van der Waals surface area contributed by atoms with Crippen LogP contribution in [0.2, 0.25) is 0 Å². The van der Waals surface area contributed by atoms with Gasteiger partial charge < -0.3 is 5.11 Å². The highest BCUT2D eigenvalue weighted by Crippen LogP contribution is 2.77. The molecule has 9 atom stereocenters. The molecule has 1 nitrogen and oxygen atoms in total. The molecule has 0 heterocycles. The van der Waals surface area contributed by atoms with Crippen LogP contribution in [0.3, 0.4) is 0 Å². The Kier molecular flexibility index (Phi) is 4.82. The smallest absolute Gasteiger partial charge is 0.0594 e. The zero-order valence-corrected chi connectivity index (χ0v) is 21.9. The molecule has 1 N–H and O–H groups in total. The van der Waals surface area contributed by atoms with Crippen molar-refractivity contribution in [3.63, 3.8) is 0 Å². The fourth-order valence-electron chi connectivity index (χ4n) is 11.2. The van der Waals surface area contributed by atoms with Crippen LogP contribution in [-0.2, 0) is 0 Å². The second kappa shape index (κ2) is 6.64. The maximum absolute atomic E-state index is 10.9. The Morgan fingerprint density at radius 2 is 1.45 bits per heavy atom. The molecule has 0 bridgehead atoms. The number of rotatable bonds is 0. The van der Waals surface area contributed by atoms with Crippen LogP contribution in [0, 0.1) is 50.7 Å². The van der Waals surface area contributed by atoms with Crippen LogP contribution < -0.4 is 0 Å². The molecule has 5 aliphatic rings. The first-order chi connectivity index (χ1) is 14.3. The van der Waals surface area contributed by atoms with Crippen molar-refractivity contribution >= 4 is 0 Å². The summed E-state index contributed by atoms with van der Waals surface area (Å²) in [5, 5.41) is 10.9. The van der Waals surface area contributed by atoms with Gasteiger partial charge in [0.1, 0.15) is 0 Å². The molecule has 5 rings (SSSR count). The molecule has 1 heteroatoms. The van der Waals surface area contributed by atoms with Crippen LogP contribution in [0.15, 0.2) is 11.1 Å². The molecule has 5 aliphatic carbocycles. The minimum Gasteiger partial charge on any atom is -0.393 e. The maximum Gasteiger partial charge on any atom is 0.0594 e. The first kappa shape index (κ1) is 22.5. The second-order valence-electron chi connectivity index (χ2n) is 14.7. The van der Waals surface area contributed by atoms with E-state index in [1.54, 1.807) is 5.57 Å². The van der Waals surface area contributed by atoms with E-state index in [4.69, 9.17) is 0 Å². The molecule has 0 saturated heterocycles. The molecule has 5 fully saturated rings. The Morgan fingerprint density at radius 1 is 0.742 bits per heavy atom. The predicted octanol–water partition coefficient (Wildman–Crippen LogP) is 8.17. The zero-order valence-electron chi connectivity index (χ0n) is 21.9. The molecule has 176 valence electrons. The topological polar surface area (TPSA) is 20.2 Å². The lowest BCUT2D eigenvalue weighted by atomic mass is 9.32. The summed E-state index contributed by atoms with van der Waals surface area (Å²) in [5.41, 5.74) is 5.43. The monoisotopic (exact) mass is 426 g/mol. The van der Waals surface area contributed by atoms with Gasteiger partial charge in [0.15, 0.2) is 0 Å². The van der Waals surface area contributed by atoms with E-state index < -0.39 is 0 Å². The number of aliphatic hydroxyl groups excluding tert-OH is 1. The Bertz CT molecular complexity index is 788. The molecular weight excluding hydrogens is 376 g/mol. The van der Waals surface area contributed by atoms with E-state index in [-0.39, 0.29) is 11.5 Å². The van der Waals surface area contributed by atoms with Crippen molar-refractivity contribution in [2.75, 3.05) is 0 Å². The van der Waals surface area contributed by atoms with Crippen LogP contribution in [0.4, 0.5) is 0 Å². The van der Waals surface area contributed by atoms with E-state index in [0.29, 0.717) is 27.6 Å². The predicted molar refractivity (Wildman–Crippen MR) is 131 cm³/mol. The number of aliphatic hydroxyl groups is 1. The number of allylic oxidation sites excluding steroid dienone is 2. The van der Waals surface area contributed by atoms with Gasteiger partial charge in [-0.15, -0.1) is 0 Å². The number of fused-ring (bicyclic) bond motifs is 7. The van der Waals surface area contributed by atoms with Crippen LogP contribution in [0.5, 0.6) is 0 Å². The van der Waals surface area contributed by atoms with Gasteiger partial charge >= 0.3 is 0 Å². The fourth-order valence-corrected chi connectivity index (χ4v) is 11.2. The third-order valence-corrected chi connectivity index (χ3v) is 13.3. The SMILES string of the molecule is CC(C)=C1CC[C@]2(C)CC[C@]3(C)[C@H](CC[C@@H]4[C@@]5(C)CC[C@@H](O)C(C)(C)[C@@H]5CC[C@]43C)[C@@H]12. The first-order valence-electron chi connectivity index (χ1n) is 13.7. The molecule has 0 aromatic rings. The molecule has 0 amide bonds. The Morgan fingerprint density at radius 3 is 2.13 bits per heavy atom. The van der Waals surface area contributed by atoms with Crippen molar-refractivity contribution in [1.29, 1.82) is 0 Å². The summed E-state index contributed by atoms with van der Waals surface area (Å²) >= 11 is 0. The summed E-state index contributed by atoms with van der Waals surface area (Å²) in [7, 11) is 0. The van der Waals surface area contributed by atoms with Crippen molar-refractivity contribution < 1.29 is 5.11 Å². The van der Waals surface area contributed by atoms with E-state index in [2.05, 4.69) is 55.4 Å². The molecule has 0 unspecified atom stereocenters. The van der Waals surface area contributed by atoms with Gasteiger partial charge in [-0.25, -0.2) is 0 Å². The summed E-state index contributed by atoms with van der Waals surface area (Å²) in [4.78, 5) is 0. The highest BCUT2D eigenvalue weighted by molar-refractivity contribution is 5.28. The molecule has 0 aliphatic heterocycles. The lowest BCUT2D eigenvalue weighted by Gasteiger charge is -2.72.